The fourth-order valence-corrected chi connectivity index (χ4v) is 2.49. The van der Waals surface area contributed by atoms with Crippen molar-refractivity contribution in [2.45, 2.75) is 44.1 Å². The molecule has 7 nitrogen and oxygen atoms in total. The number of aliphatic hydroxyl groups excluding tert-OH is 1. The molecule has 1 aliphatic heterocycles. The van der Waals surface area contributed by atoms with Gasteiger partial charge in [0.05, 0.1) is 5.56 Å². The van der Waals surface area contributed by atoms with Crippen molar-refractivity contribution < 1.29 is 32.7 Å². The average Bonchev–Trinajstić information content (AvgIpc) is 2.55. The highest BCUT2D eigenvalue weighted by molar-refractivity contribution is 6.05. The minimum absolute atomic E-state index is 0.283. The van der Waals surface area contributed by atoms with E-state index in [1.54, 1.807) is 13.0 Å². The first-order valence-corrected chi connectivity index (χ1v) is 7.84. The molecule has 142 valence electrons. The van der Waals surface area contributed by atoms with E-state index in [1.165, 1.54) is 6.07 Å². The Bertz CT molecular complexity index is 708. The zero-order valence-corrected chi connectivity index (χ0v) is 13.8. The molecule has 3 atom stereocenters. The molecule has 0 bridgehead atoms. The van der Waals surface area contributed by atoms with Gasteiger partial charge in [-0.25, -0.2) is 4.79 Å². The molecule has 26 heavy (non-hydrogen) atoms. The third kappa shape index (κ3) is 4.94. The molecular formula is C16H18F3N3O4. The number of amides is 4. The van der Waals surface area contributed by atoms with Crippen LogP contribution < -0.4 is 16.0 Å². The van der Waals surface area contributed by atoms with Gasteiger partial charge in [-0.1, -0.05) is 18.2 Å². The van der Waals surface area contributed by atoms with E-state index in [-0.39, 0.29) is 6.42 Å². The zero-order valence-electron chi connectivity index (χ0n) is 13.8. The van der Waals surface area contributed by atoms with Crippen LogP contribution >= 0.6 is 0 Å². The predicted octanol–water partition coefficient (Wildman–Crippen LogP) is 0.712. The lowest BCUT2D eigenvalue weighted by Gasteiger charge is -2.28. The van der Waals surface area contributed by atoms with Gasteiger partial charge in [0.15, 0.2) is 6.10 Å². The van der Waals surface area contributed by atoms with Crippen molar-refractivity contribution in [3.8, 4) is 0 Å². The zero-order chi connectivity index (χ0) is 19.5. The summed E-state index contributed by atoms with van der Waals surface area (Å²) in [7, 11) is 0. The van der Waals surface area contributed by atoms with Crippen molar-refractivity contribution >= 4 is 17.8 Å². The van der Waals surface area contributed by atoms with Gasteiger partial charge in [0.25, 0.3) is 5.91 Å². The van der Waals surface area contributed by atoms with Crippen LogP contribution in [0.4, 0.5) is 18.0 Å². The van der Waals surface area contributed by atoms with E-state index in [0.717, 1.165) is 12.1 Å². The monoisotopic (exact) mass is 373 g/mol. The van der Waals surface area contributed by atoms with Crippen molar-refractivity contribution in [2.75, 3.05) is 0 Å². The number of carbonyl (C=O) groups is 3. The molecule has 1 aromatic rings. The van der Waals surface area contributed by atoms with Crippen LogP contribution in [0.1, 0.15) is 24.5 Å². The van der Waals surface area contributed by atoms with Gasteiger partial charge in [-0.2, -0.15) is 13.2 Å². The molecule has 0 aromatic heterocycles. The first kappa shape index (κ1) is 19.7. The number of aryl methyl sites for hydroxylation is 1. The van der Waals surface area contributed by atoms with Crippen molar-refractivity contribution in [1.82, 2.24) is 16.0 Å². The lowest BCUT2D eigenvalue weighted by Crippen LogP contribution is -2.66. The third-order valence-corrected chi connectivity index (χ3v) is 3.90. The summed E-state index contributed by atoms with van der Waals surface area (Å²) in [4.78, 5) is 34.6. The number of benzene rings is 1. The highest BCUT2D eigenvalue weighted by Gasteiger charge is 2.38. The second-order valence-electron chi connectivity index (χ2n) is 6.03. The summed E-state index contributed by atoms with van der Waals surface area (Å²) < 4.78 is 38.1. The van der Waals surface area contributed by atoms with Gasteiger partial charge in [-0.05, 0) is 31.4 Å². The van der Waals surface area contributed by atoms with Crippen molar-refractivity contribution in [3.63, 3.8) is 0 Å². The standard InChI is InChI=1S/C16H18F3N3O4/c1-8(5-6-9-3-2-4-10(7-9)16(17,18)19)20-13(24)11-12(23)14(25)22-15(26)21-11/h2-4,7-8,11-12,23H,5-6H2,1H3,(H,20,24)(H2,21,22,25,26)/t8?,11-,12?/m1/s1. The van der Waals surface area contributed by atoms with Crippen LogP contribution in [0.5, 0.6) is 0 Å². The maximum Gasteiger partial charge on any atom is 0.416 e. The summed E-state index contributed by atoms with van der Waals surface area (Å²) in [6.45, 7) is 1.63. The highest BCUT2D eigenvalue weighted by atomic mass is 19.4. The summed E-state index contributed by atoms with van der Waals surface area (Å²) in [6, 6.07) is 2.12. The molecule has 1 fully saturated rings. The molecule has 1 aromatic carbocycles. The third-order valence-electron chi connectivity index (χ3n) is 3.90. The number of halogens is 3. The summed E-state index contributed by atoms with van der Waals surface area (Å²) in [5.74, 6) is -1.73. The van der Waals surface area contributed by atoms with Gasteiger partial charge < -0.3 is 15.7 Å². The predicted molar refractivity (Wildman–Crippen MR) is 83.8 cm³/mol. The molecule has 0 saturated carbocycles. The number of hydrogen-bond donors (Lipinski definition) is 4. The Morgan fingerprint density at radius 1 is 1.35 bits per heavy atom. The Balaban J connectivity index is 1.90. The number of imide groups is 1. The number of alkyl halides is 3. The minimum atomic E-state index is -4.42. The Labute approximate surface area is 146 Å². The lowest BCUT2D eigenvalue weighted by atomic mass is 10.0. The first-order valence-electron chi connectivity index (χ1n) is 7.84. The van der Waals surface area contributed by atoms with Crippen LogP contribution in [-0.4, -0.2) is 41.1 Å². The van der Waals surface area contributed by atoms with Crippen LogP contribution in [-0.2, 0) is 22.2 Å². The molecule has 0 radical (unpaired) electrons. The molecule has 0 spiro atoms. The van der Waals surface area contributed by atoms with Crippen LogP contribution in [0.2, 0.25) is 0 Å². The number of carbonyl (C=O) groups excluding carboxylic acids is 3. The number of aliphatic hydroxyl groups is 1. The molecule has 4 N–H and O–H groups in total. The van der Waals surface area contributed by atoms with Gasteiger partial charge in [-0.15, -0.1) is 0 Å². The average molecular weight is 373 g/mol. The summed E-state index contributed by atoms with van der Waals surface area (Å²) in [6.07, 6.45) is -5.53. The van der Waals surface area contributed by atoms with Crippen LogP contribution in [0.15, 0.2) is 24.3 Å². The van der Waals surface area contributed by atoms with Crippen molar-refractivity contribution in [1.29, 1.82) is 0 Å². The number of nitrogens with one attached hydrogen (secondary N) is 3. The molecule has 1 aliphatic rings. The SMILES string of the molecule is CC(CCc1cccc(C(F)(F)F)c1)NC(=O)[C@@H]1NC(=O)NC(=O)C1O. The van der Waals surface area contributed by atoms with Crippen molar-refractivity contribution in [2.24, 2.45) is 0 Å². The molecule has 10 heteroatoms. The van der Waals surface area contributed by atoms with E-state index in [1.807, 2.05) is 5.32 Å². The highest BCUT2D eigenvalue weighted by Crippen LogP contribution is 2.29. The summed E-state index contributed by atoms with van der Waals surface area (Å²) in [5, 5.41) is 16.1. The quantitative estimate of drug-likeness (QED) is 0.610. The van der Waals surface area contributed by atoms with Crippen molar-refractivity contribution in [3.05, 3.63) is 35.4 Å². The normalized spacial score (nSPS) is 21.6. The fraction of sp³-hybridized carbons (Fsp3) is 0.438. The Morgan fingerprint density at radius 2 is 2.04 bits per heavy atom. The first-order chi connectivity index (χ1) is 12.1. The maximum absolute atomic E-state index is 12.7. The fourth-order valence-electron chi connectivity index (χ4n) is 2.49. The van der Waals surface area contributed by atoms with E-state index >= 15 is 0 Å². The molecule has 2 rings (SSSR count). The number of urea groups is 1. The molecule has 2 unspecified atom stereocenters. The molecular weight excluding hydrogens is 355 g/mol. The van der Waals surface area contributed by atoms with Gasteiger partial charge in [-0.3, -0.25) is 14.9 Å². The maximum atomic E-state index is 12.7. The van der Waals surface area contributed by atoms with E-state index < -0.39 is 47.8 Å². The van der Waals surface area contributed by atoms with Gasteiger partial charge in [0.1, 0.15) is 6.04 Å². The summed E-state index contributed by atoms with van der Waals surface area (Å²) in [5.41, 5.74) is -0.281. The van der Waals surface area contributed by atoms with E-state index in [2.05, 4.69) is 10.6 Å². The Kier molecular flexibility index (Phi) is 5.86. The van der Waals surface area contributed by atoms with Gasteiger partial charge >= 0.3 is 12.2 Å². The molecule has 1 heterocycles. The van der Waals surface area contributed by atoms with Crippen LogP contribution in [0.3, 0.4) is 0 Å². The molecule has 4 amide bonds. The molecule has 1 saturated heterocycles. The molecule has 0 aliphatic carbocycles. The Hall–Kier alpha value is -2.62. The van der Waals surface area contributed by atoms with E-state index in [0.29, 0.717) is 12.0 Å². The minimum Gasteiger partial charge on any atom is -0.381 e. The number of hydrogen-bond acceptors (Lipinski definition) is 4. The summed E-state index contributed by atoms with van der Waals surface area (Å²) >= 11 is 0. The van der Waals surface area contributed by atoms with Crippen LogP contribution in [0, 0.1) is 0 Å². The Morgan fingerprint density at radius 3 is 2.69 bits per heavy atom. The van der Waals surface area contributed by atoms with Crippen LogP contribution in [0.25, 0.3) is 0 Å². The second-order valence-corrected chi connectivity index (χ2v) is 6.03. The second kappa shape index (κ2) is 7.73. The van der Waals surface area contributed by atoms with Gasteiger partial charge in [0.2, 0.25) is 5.91 Å². The number of rotatable bonds is 5. The van der Waals surface area contributed by atoms with Gasteiger partial charge in [0, 0.05) is 6.04 Å². The topological polar surface area (TPSA) is 108 Å². The van der Waals surface area contributed by atoms with E-state index in [4.69, 9.17) is 0 Å². The lowest BCUT2D eigenvalue weighted by molar-refractivity contribution is -0.138. The smallest absolute Gasteiger partial charge is 0.381 e. The largest absolute Gasteiger partial charge is 0.416 e. The van der Waals surface area contributed by atoms with E-state index in [9.17, 15) is 32.7 Å².